The lowest BCUT2D eigenvalue weighted by Gasteiger charge is -2.07. The molecule has 20 heavy (non-hydrogen) atoms. The number of nitrogens with zero attached hydrogens (tertiary/aromatic N) is 5. The Morgan fingerprint density at radius 3 is 2.70 bits per heavy atom. The predicted molar refractivity (Wildman–Crippen MR) is 83.7 cm³/mol. The van der Waals surface area contributed by atoms with Crippen molar-refractivity contribution in [1.29, 1.82) is 0 Å². The maximum Gasteiger partial charge on any atom is 0.191 e. The average Bonchev–Trinajstić information content (AvgIpc) is 2.91. The molecule has 0 aliphatic heterocycles. The van der Waals surface area contributed by atoms with Gasteiger partial charge < -0.3 is 10.3 Å². The zero-order valence-electron chi connectivity index (χ0n) is 11.9. The van der Waals surface area contributed by atoms with Gasteiger partial charge in [0.05, 0.1) is 15.9 Å². The Balaban J connectivity index is 2.17. The van der Waals surface area contributed by atoms with E-state index in [9.17, 15) is 0 Å². The Labute approximate surface area is 131 Å². The minimum absolute atomic E-state index is 0.585. The van der Waals surface area contributed by atoms with Gasteiger partial charge in [-0.2, -0.15) is 5.10 Å². The first-order valence-corrected chi connectivity index (χ1v) is 8.30. The van der Waals surface area contributed by atoms with Gasteiger partial charge >= 0.3 is 0 Å². The van der Waals surface area contributed by atoms with Crippen LogP contribution in [0.2, 0.25) is 0 Å². The van der Waals surface area contributed by atoms with E-state index >= 15 is 0 Å². The van der Waals surface area contributed by atoms with Crippen molar-refractivity contribution in [2.45, 2.75) is 44.8 Å². The Morgan fingerprint density at radius 2 is 2.05 bits per heavy atom. The molecule has 2 heterocycles. The number of nitrogens with two attached hydrogens (primary N) is 1. The van der Waals surface area contributed by atoms with Crippen LogP contribution < -0.4 is 5.73 Å². The molecule has 0 aliphatic carbocycles. The normalized spacial score (nSPS) is 11.2. The van der Waals surface area contributed by atoms with E-state index in [2.05, 4.69) is 42.7 Å². The van der Waals surface area contributed by atoms with Gasteiger partial charge in [-0.05, 0) is 36.7 Å². The van der Waals surface area contributed by atoms with Gasteiger partial charge in [0, 0.05) is 25.4 Å². The molecule has 2 N–H and O–H groups in total. The number of hydrogen-bond donors (Lipinski definition) is 1. The largest absolute Gasteiger partial charge is 0.329 e. The molecular weight excluding hydrogens is 340 g/mol. The van der Waals surface area contributed by atoms with Gasteiger partial charge in [-0.3, -0.25) is 4.68 Å². The van der Waals surface area contributed by atoms with Crippen molar-refractivity contribution in [1.82, 2.24) is 24.5 Å². The highest BCUT2D eigenvalue weighted by Crippen LogP contribution is 2.28. The molecule has 8 heteroatoms. The second-order valence-electron chi connectivity index (χ2n) is 4.42. The highest BCUT2D eigenvalue weighted by molar-refractivity contribution is 9.10. The second kappa shape index (κ2) is 6.73. The fourth-order valence-electron chi connectivity index (χ4n) is 1.99. The van der Waals surface area contributed by atoms with Crippen molar-refractivity contribution in [2.24, 2.45) is 5.73 Å². The number of thioether (sulfide) groups is 1. The number of halogens is 1. The number of rotatable bonds is 6. The summed E-state index contributed by atoms with van der Waals surface area (Å²) in [5.74, 6) is 1.70. The first-order chi connectivity index (χ1) is 9.58. The van der Waals surface area contributed by atoms with Crippen molar-refractivity contribution in [3.63, 3.8) is 0 Å². The van der Waals surface area contributed by atoms with Crippen molar-refractivity contribution in [3.8, 4) is 0 Å². The zero-order chi connectivity index (χ0) is 14.7. The molecule has 0 fully saturated rings. The van der Waals surface area contributed by atoms with Crippen LogP contribution in [0.1, 0.15) is 24.1 Å². The molecule has 6 nitrogen and oxygen atoms in total. The molecule has 0 saturated carbocycles. The lowest BCUT2D eigenvalue weighted by molar-refractivity contribution is 0.622. The van der Waals surface area contributed by atoms with Crippen molar-refractivity contribution < 1.29 is 0 Å². The molecular formula is C12H19BrN6S. The lowest BCUT2D eigenvalue weighted by atomic mass is 10.4. The fourth-order valence-corrected chi connectivity index (χ4v) is 3.64. The summed E-state index contributed by atoms with van der Waals surface area (Å²) in [6.07, 6.45) is 0. The first-order valence-electron chi connectivity index (χ1n) is 6.52. The van der Waals surface area contributed by atoms with E-state index in [-0.39, 0.29) is 0 Å². The van der Waals surface area contributed by atoms with E-state index < -0.39 is 0 Å². The van der Waals surface area contributed by atoms with Crippen LogP contribution in [0.5, 0.6) is 0 Å². The smallest absolute Gasteiger partial charge is 0.191 e. The third kappa shape index (κ3) is 3.07. The molecule has 0 aromatic carbocycles. The Bertz CT molecular complexity index is 591. The van der Waals surface area contributed by atoms with Crippen molar-refractivity contribution >= 4 is 27.7 Å². The van der Waals surface area contributed by atoms with Gasteiger partial charge in [-0.15, -0.1) is 10.2 Å². The van der Waals surface area contributed by atoms with E-state index in [1.165, 1.54) is 5.69 Å². The molecule has 0 amide bonds. The number of aromatic nitrogens is 5. The van der Waals surface area contributed by atoms with E-state index in [1.807, 2.05) is 18.5 Å². The fraction of sp³-hybridized carbons (Fsp3) is 0.583. The summed E-state index contributed by atoms with van der Waals surface area (Å²) in [7, 11) is 0. The van der Waals surface area contributed by atoms with Crippen LogP contribution in [0, 0.1) is 13.8 Å². The maximum absolute atomic E-state index is 5.63. The van der Waals surface area contributed by atoms with Crippen LogP contribution in [0.4, 0.5) is 0 Å². The van der Waals surface area contributed by atoms with E-state index in [4.69, 9.17) is 5.73 Å². The average molecular weight is 359 g/mol. The minimum Gasteiger partial charge on any atom is -0.329 e. The number of aryl methyl sites for hydroxylation is 3. The third-order valence-corrected chi connectivity index (χ3v) is 5.05. The van der Waals surface area contributed by atoms with Crippen LogP contribution >= 0.6 is 27.7 Å². The van der Waals surface area contributed by atoms with E-state index in [0.717, 1.165) is 40.0 Å². The van der Waals surface area contributed by atoms with Crippen LogP contribution in [0.25, 0.3) is 0 Å². The Kier molecular flexibility index (Phi) is 5.22. The summed E-state index contributed by atoms with van der Waals surface area (Å²) in [5.41, 5.74) is 7.82. The van der Waals surface area contributed by atoms with Crippen molar-refractivity contribution in [3.05, 3.63) is 21.7 Å². The van der Waals surface area contributed by atoms with Gasteiger partial charge in [-0.1, -0.05) is 11.8 Å². The summed E-state index contributed by atoms with van der Waals surface area (Å²) in [5, 5.41) is 13.7. The first kappa shape index (κ1) is 15.5. The van der Waals surface area contributed by atoms with Gasteiger partial charge in [0.1, 0.15) is 5.82 Å². The molecule has 2 aromatic rings. The molecule has 0 spiro atoms. The summed E-state index contributed by atoms with van der Waals surface area (Å²) in [4.78, 5) is 0. The van der Waals surface area contributed by atoms with Crippen LogP contribution in [0.15, 0.2) is 9.63 Å². The van der Waals surface area contributed by atoms with Crippen molar-refractivity contribution in [2.75, 3.05) is 6.54 Å². The molecule has 2 rings (SSSR count). The number of hydrogen-bond acceptors (Lipinski definition) is 5. The quantitative estimate of drug-likeness (QED) is 0.800. The summed E-state index contributed by atoms with van der Waals surface area (Å²) < 4.78 is 5.15. The summed E-state index contributed by atoms with van der Waals surface area (Å²) >= 11 is 5.27. The third-order valence-electron chi connectivity index (χ3n) is 3.05. The zero-order valence-corrected chi connectivity index (χ0v) is 14.3. The molecule has 2 aromatic heterocycles. The highest BCUT2D eigenvalue weighted by Gasteiger charge is 2.15. The standard InChI is InChI=1S/C12H19BrN6S/c1-4-19-10(11(13)8(2)17-19)7-20-12-16-15-9(3)18(12)6-5-14/h4-7,14H2,1-3H3. The van der Waals surface area contributed by atoms with Crippen LogP contribution in [-0.2, 0) is 18.8 Å². The second-order valence-corrected chi connectivity index (χ2v) is 6.16. The Hall–Kier alpha value is -0.860. The maximum atomic E-state index is 5.63. The molecule has 0 saturated heterocycles. The van der Waals surface area contributed by atoms with E-state index in [0.29, 0.717) is 6.54 Å². The minimum atomic E-state index is 0.585. The summed E-state index contributed by atoms with van der Waals surface area (Å²) in [6.45, 7) is 8.23. The lowest BCUT2D eigenvalue weighted by Crippen LogP contribution is -2.12. The van der Waals surface area contributed by atoms with Crippen LogP contribution in [0.3, 0.4) is 0 Å². The monoisotopic (exact) mass is 358 g/mol. The molecule has 110 valence electrons. The van der Waals surface area contributed by atoms with Gasteiger partial charge in [0.2, 0.25) is 0 Å². The van der Waals surface area contributed by atoms with Gasteiger partial charge in [0.15, 0.2) is 5.16 Å². The molecule has 0 atom stereocenters. The SMILES string of the molecule is CCn1nc(C)c(Br)c1CSc1nnc(C)n1CCN. The van der Waals surface area contributed by atoms with E-state index in [1.54, 1.807) is 11.8 Å². The molecule has 0 aliphatic rings. The van der Waals surface area contributed by atoms with Gasteiger partial charge in [0.25, 0.3) is 0 Å². The summed E-state index contributed by atoms with van der Waals surface area (Å²) in [6, 6.07) is 0. The van der Waals surface area contributed by atoms with Gasteiger partial charge in [-0.25, -0.2) is 0 Å². The predicted octanol–water partition coefficient (Wildman–Crippen LogP) is 2.12. The highest BCUT2D eigenvalue weighted by atomic mass is 79.9. The van der Waals surface area contributed by atoms with Crippen LogP contribution in [-0.4, -0.2) is 31.1 Å². The topological polar surface area (TPSA) is 74.5 Å². The molecule has 0 bridgehead atoms. The molecule has 0 unspecified atom stereocenters. The molecule has 0 radical (unpaired) electrons. The Morgan fingerprint density at radius 1 is 1.30 bits per heavy atom.